The van der Waals surface area contributed by atoms with Gasteiger partial charge in [-0.05, 0) is 13.8 Å². The van der Waals surface area contributed by atoms with E-state index in [0.29, 0.717) is 4.90 Å². The lowest BCUT2D eigenvalue weighted by Crippen LogP contribution is -2.53. The Labute approximate surface area is 101 Å². The maximum Gasteiger partial charge on any atom is 0.406 e. The number of carboxylic acids is 1. The van der Waals surface area contributed by atoms with Crippen LogP contribution in [0.3, 0.4) is 0 Å². The normalized spacial score (nSPS) is 13.3. The van der Waals surface area contributed by atoms with Gasteiger partial charge in [-0.25, -0.2) is 9.59 Å². The van der Waals surface area contributed by atoms with Gasteiger partial charge in [0.25, 0.3) is 0 Å². The maximum absolute atomic E-state index is 12.2. The molecular weight excluding hydrogens is 257 g/mol. The van der Waals surface area contributed by atoms with E-state index in [0.717, 1.165) is 0 Å². The van der Waals surface area contributed by atoms with Crippen LogP contribution >= 0.6 is 0 Å². The average Bonchev–Trinajstić information content (AvgIpc) is 2.20. The van der Waals surface area contributed by atoms with Crippen molar-refractivity contribution in [1.82, 2.24) is 10.2 Å². The zero-order valence-electron chi connectivity index (χ0n) is 9.86. The van der Waals surface area contributed by atoms with Crippen LogP contribution in [0.15, 0.2) is 0 Å². The van der Waals surface area contributed by atoms with Gasteiger partial charge in [0, 0.05) is 6.04 Å². The molecular formula is C9H15F3N2O4. The number of hydrogen-bond acceptors (Lipinski definition) is 3. The molecule has 0 aliphatic carbocycles. The van der Waals surface area contributed by atoms with Crippen LogP contribution in [0.4, 0.5) is 18.0 Å². The minimum Gasteiger partial charge on any atom is -0.480 e. The average molecular weight is 272 g/mol. The molecule has 0 unspecified atom stereocenters. The molecule has 106 valence electrons. The third-order valence-electron chi connectivity index (χ3n) is 2.01. The predicted octanol–water partition coefficient (Wildman–Crippen LogP) is 0.414. The minimum atomic E-state index is -4.58. The fraction of sp³-hybridized carbons (Fsp3) is 0.778. The molecule has 0 aromatic carbocycles. The number of carboxylic acid groups (broad SMARTS) is 1. The molecule has 0 bridgehead atoms. The standard InChI is InChI=1S/C9H15F3N2O4/c1-5(2)14(4-9(10,11)12)8(18)13-6(3-15)7(16)17/h5-6,15H,3-4H2,1-2H3,(H,13,18)(H,16,17)/t6-/m0/s1. The molecule has 0 spiro atoms. The number of aliphatic hydroxyl groups is 1. The van der Waals surface area contributed by atoms with Crippen molar-refractivity contribution in [3.05, 3.63) is 0 Å². The van der Waals surface area contributed by atoms with Gasteiger partial charge in [0.15, 0.2) is 6.04 Å². The second-order valence-corrected chi connectivity index (χ2v) is 3.86. The van der Waals surface area contributed by atoms with Gasteiger partial charge in [0.2, 0.25) is 0 Å². The highest BCUT2D eigenvalue weighted by Gasteiger charge is 2.35. The van der Waals surface area contributed by atoms with Crippen LogP contribution in [0.1, 0.15) is 13.8 Å². The summed E-state index contributed by atoms with van der Waals surface area (Å²) in [6, 6.07) is -3.59. The summed E-state index contributed by atoms with van der Waals surface area (Å²) in [6.07, 6.45) is -4.58. The number of hydrogen-bond donors (Lipinski definition) is 3. The first-order valence-electron chi connectivity index (χ1n) is 5.06. The van der Waals surface area contributed by atoms with Crippen LogP contribution < -0.4 is 5.32 Å². The van der Waals surface area contributed by atoms with E-state index in [4.69, 9.17) is 10.2 Å². The smallest absolute Gasteiger partial charge is 0.406 e. The number of aliphatic hydroxyl groups excluding tert-OH is 1. The Morgan fingerprint density at radius 3 is 2.11 bits per heavy atom. The van der Waals surface area contributed by atoms with Crippen molar-refractivity contribution in [3.63, 3.8) is 0 Å². The summed E-state index contributed by atoms with van der Waals surface area (Å²) in [5.74, 6) is -1.53. The van der Waals surface area contributed by atoms with Crippen molar-refractivity contribution in [2.75, 3.05) is 13.2 Å². The van der Waals surface area contributed by atoms with Gasteiger partial charge < -0.3 is 20.4 Å². The topological polar surface area (TPSA) is 89.9 Å². The van der Waals surface area contributed by atoms with Gasteiger partial charge in [-0.15, -0.1) is 0 Å². The fourth-order valence-electron chi connectivity index (χ4n) is 1.10. The van der Waals surface area contributed by atoms with Crippen LogP contribution in [0.2, 0.25) is 0 Å². The molecule has 0 saturated carbocycles. The Morgan fingerprint density at radius 2 is 1.83 bits per heavy atom. The second kappa shape index (κ2) is 6.43. The minimum absolute atomic E-state index is 0.436. The third kappa shape index (κ3) is 5.71. The first-order chi connectivity index (χ1) is 8.08. The van der Waals surface area contributed by atoms with Crippen molar-refractivity contribution < 1.29 is 33.0 Å². The number of halogens is 3. The van der Waals surface area contributed by atoms with E-state index in [9.17, 15) is 22.8 Å². The summed E-state index contributed by atoms with van der Waals surface area (Å²) in [4.78, 5) is 22.4. The molecule has 0 rings (SSSR count). The van der Waals surface area contributed by atoms with E-state index in [1.165, 1.54) is 13.8 Å². The SMILES string of the molecule is CC(C)N(CC(F)(F)F)C(=O)N[C@@H](CO)C(=O)O. The van der Waals surface area contributed by atoms with Gasteiger partial charge >= 0.3 is 18.2 Å². The maximum atomic E-state index is 12.2. The first kappa shape index (κ1) is 16.5. The van der Waals surface area contributed by atoms with Crippen molar-refractivity contribution in [2.24, 2.45) is 0 Å². The molecule has 0 saturated heterocycles. The number of amides is 2. The highest BCUT2D eigenvalue weighted by Crippen LogP contribution is 2.18. The molecule has 18 heavy (non-hydrogen) atoms. The summed E-state index contributed by atoms with van der Waals surface area (Å²) in [5, 5.41) is 19.0. The van der Waals surface area contributed by atoms with E-state index >= 15 is 0 Å². The fourth-order valence-corrected chi connectivity index (χ4v) is 1.10. The highest BCUT2D eigenvalue weighted by molar-refractivity contribution is 5.82. The quantitative estimate of drug-likeness (QED) is 0.676. The van der Waals surface area contributed by atoms with E-state index in [1.807, 2.05) is 5.32 Å². The van der Waals surface area contributed by atoms with Crippen molar-refractivity contribution in [1.29, 1.82) is 0 Å². The lowest BCUT2D eigenvalue weighted by molar-refractivity contribution is -0.143. The zero-order valence-corrected chi connectivity index (χ0v) is 9.86. The Hall–Kier alpha value is -1.51. The number of aliphatic carboxylic acids is 1. The monoisotopic (exact) mass is 272 g/mol. The molecule has 2 amide bonds. The van der Waals surface area contributed by atoms with Crippen LogP contribution in [0, 0.1) is 0 Å². The molecule has 0 fully saturated rings. The summed E-state index contributed by atoms with van der Waals surface area (Å²) in [7, 11) is 0. The summed E-state index contributed by atoms with van der Waals surface area (Å²) >= 11 is 0. The van der Waals surface area contributed by atoms with E-state index in [-0.39, 0.29) is 0 Å². The number of rotatable bonds is 5. The summed E-state index contributed by atoms with van der Waals surface area (Å²) in [6.45, 7) is 0.327. The Kier molecular flexibility index (Phi) is 5.89. The number of nitrogens with one attached hydrogen (secondary N) is 1. The van der Waals surface area contributed by atoms with Gasteiger partial charge in [-0.3, -0.25) is 0 Å². The Bertz CT molecular complexity index is 307. The van der Waals surface area contributed by atoms with E-state index < -0.39 is 43.4 Å². The third-order valence-corrected chi connectivity index (χ3v) is 2.01. The van der Waals surface area contributed by atoms with Gasteiger partial charge in [0.1, 0.15) is 6.54 Å². The molecule has 6 nitrogen and oxygen atoms in total. The number of alkyl halides is 3. The summed E-state index contributed by atoms with van der Waals surface area (Å²) < 4.78 is 36.7. The molecule has 0 aromatic heterocycles. The van der Waals surface area contributed by atoms with Crippen molar-refractivity contribution in [3.8, 4) is 0 Å². The van der Waals surface area contributed by atoms with Gasteiger partial charge in [-0.2, -0.15) is 13.2 Å². The Morgan fingerprint density at radius 1 is 1.33 bits per heavy atom. The number of carbonyl (C=O) groups is 2. The van der Waals surface area contributed by atoms with Crippen LogP contribution in [0.25, 0.3) is 0 Å². The van der Waals surface area contributed by atoms with Crippen LogP contribution in [0.5, 0.6) is 0 Å². The molecule has 0 radical (unpaired) electrons. The molecule has 1 atom stereocenters. The van der Waals surface area contributed by atoms with Gasteiger partial charge in [-0.1, -0.05) is 0 Å². The zero-order chi connectivity index (χ0) is 14.5. The number of urea groups is 1. The van der Waals surface area contributed by atoms with Crippen LogP contribution in [-0.2, 0) is 4.79 Å². The highest BCUT2D eigenvalue weighted by atomic mass is 19.4. The molecule has 0 heterocycles. The van der Waals surface area contributed by atoms with Crippen molar-refractivity contribution in [2.45, 2.75) is 32.1 Å². The second-order valence-electron chi connectivity index (χ2n) is 3.86. The molecule has 0 aliphatic rings. The molecule has 3 N–H and O–H groups in total. The van der Waals surface area contributed by atoms with Crippen LogP contribution in [-0.4, -0.2) is 58.5 Å². The van der Waals surface area contributed by atoms with Crippen molar-refractivity contribution >= 4 is 12.0 Å². The number of nitrogens with zero attached hydrogens (tertiary/aromatic N) is 1. The summed E-state index contributed by atoms with van der Waals surface area (Å²) in [5.41, 5.74) is 0. The largest absolute Gasteiger partial charge is 0.480 e. The predicted molar refractivity (Wildman–Crippen MR) is 54.9 cm³/mol. The van der Waals surface area contributed by atoms with E-state index in [1.54, 1.807) is 0 Å². The molecule has 0 aromatic rings. The van der Waals surface area contributed by atoms with E-state index in [2.05, 4.69) is 0 Å². The lowest BCUT2D eigenvalue weighted by Gasteiger charge is -2.28. The molecule has 0 aliphatic heterocycles. The molecule has 9 heteroatoms. The Balaban J connectivity index is 4.72. The first-order valence-corrected chi connectivity index (χ1v) is 5.06. The van der Waals surface area contributed by atoms with Gasteiger partial charge in [0.05, 0.1) is 6.61 Å². The lowest BCUT2D eigenvalue weighted by atomic mass is 10.3. The number of carbonyl (C=O) groups excluding carboxylic acids is 1.